The van der Waals surface area contributed by atoms with Crippen LogP contribution in [0.1, 0.15) is 87.3 Å². The van der Waals surface area contributed by atoms with Crippen molar-refractivity contribution in [3.8, 4) is 0 Å². The number of hydrogen-bond donors (Lipinski definition) is 2. The van der Waals surface area contributed by atoms with E-state index in [1.54, 1.807) is 11.0 Å². The minimum atomic E-state index is -4.76. The molecule has 1 aliphatic carbocycles. The third-order valence-electron chi connectivity index (χ3n) is 10.8. The Labute approximate surface area is 289 Å². The zero-order valence-corrected chi connectivity index (χ0v) is 28.3. The third-order valence-corrected chi connectivity index (χ3v) is 11.2. The van der Waals surface area contributed by atoms with E-state index >= 15 is 0 Å². The molecule has 1 atom stereocenters. The molecule has 9 nitrogen and oxygen atoms in total. The molecule has 0 radical (unpaired) electrons. The molecule has 13 heteroatoms. The lowest BCUT2D eigenvalue weighted by Gasteiger charge is -2.44. The summed E-state index contributed by atoms with van der Waals surface area (Å²) in [5.41, 5.74) is 4.58. The number of carbonyl (C=O) groups excluding carboxylic acids is 3. The van der Waals surface area contributed by atoms with Gasteiger partial charge in [0, 0.05) is 51.0 Å². The number of likely N-dealkylation sites (tertiary alicyclic amines) is 2. The fourth-order valence-corrected chi connectivity index (χ4v) is 8.23. The van der Waals surface area contributed by atoms with Crippen molar-refractivity contribution in [2.75, 3.05) is 37.2 Å². The normalized spacial score (nSPS) is 20.7. The number of piperidine rings is 2. The molecule has 266 valence electrons. The van der Waals surface area contributed by atoms with Crippen LogP contribution in [0.4, 0.5) is 34.1 Å². The topological polar surface area (TPSA) is 114 Å². The van der Waals surface area contributed by atoms with Crippen molar-refractivity contribution in [1.82, 2.24) is 9.80 Å². The summed E-state index contributed by atoms with van der Waals surface area (Å²) in [5.74, 6) is 0.842. The highest BCUT2D eigenvalue weighted by atomic mass is 35.5. The van der Waals surface area contributed by atoms with Gasteiger partial charge in [-0.3, -0.25) is 10.1 Å². The predicted octanol–water partition coefficient (Wildman–Crippen LogP) is 8.14. The number of anilines is 2. The number of hydrogen-bond acceptors (Lipinski definition) is 6. The highest BCUT2D eigenvalue weighted by Gasteiger charge is 2.46. The molecule has 1 spiro atoms. The second-order valence-corrected chi connectivity index (χ2v) is 14.4. The maximum absolute atomic E-state index is 14.0. The lowest BCUT2D eigenvalue weighted by Crippen LogP contribution is -2.51. The fourth-order valence-electron chi connectivity index (χ4n) is 7.99. The average molecular weight is 705 g/mol. The molecule has 2 saturated heterocycles. The molecule has 3 amide bonds. The molecule has 0 aromatic heterocycles. The van der Waals surface area contributed by atoms with Crippen molar-refractivity contribution >= 4 is 41.1 Å². The fraction of sp³-hybridized carbons (Fsp3) is 0.583. The standard InChI is InChI=1S/C36H44ClF3N4O5/c37-28-21-25(20-27(31(28)41)36(38,39)40)22-30(32(45)43-16-12-24(13-17-43)11-10-23-6-2-1-3-7-23)48-34(47)44-18-14-35(15-19-44)26-8-4-5-9-29(26)42-33(46)49-35/h4-5,8-9,20-21,23-24,30H,1-3,6-7,10-19,22,41H2,(H,42,46)/t30-/m1/s1. The van der Waals surface area contributed by atoms with E-state index in [1.165, 1.54) is 49.5 Å². The average Bonchev–Trinajstić information content (AvgIpc) is 3.08. The van der Waals surface area contributed by atoms with Crippen LogP contribution in [0.5, 0.6) is 0 Å². The van der Waals surface area contributed by atoms with Crippen LogP contribution in [0.25, 0.3) is 0 Å². The van der Waals surface area contributed by atoms with E-state index in [-0.39, 0.29) is 30.1 Å². The van der Waals surface area contributed by atoms with Crippen LogP contribution < -0.4 is 11.1 Å². The predicted molar refractivity (Wildman–Crippen MR) is 179 cm³/mol. The summed E-state index contributed by atoms with van der Waals surface area (Å²) in [5, 5.41) is 2.41. The van der Waals surface area contributed by atoms with Crippen LogP contribution in [-0.2, 0) is 32.5 Å². The molecule has 6 rings (SSSR count). The number of carbonyl (C=O) groups is 3. The summed E-state index contributed by atoms with van der Waals surface area (Å²) in [4.78, 5) is 43.0. The second-order valence-electron chi connectivity index (χ2n) is 14.0. The first-order valence-electron chi connectivity index (χ1n) is 17.4. The summed E-state index contributed by atoms with van der Waals surface area (Å²) in [6.45, 7) is 1.34. The number of nitrogens with two attached hydrogens (primary N) is 1. The minimum absolute atomic E-state index is 0.0795. The molecule has 3 N–H and O–H groups in total. The number of benzene rings is 2. The Bertz CT molecular complexity index is 1530. The molecule has 3 heterocycles. The van der Waals surface area contributed by atoms with Gasteiger partial charge in [-0.2, -0.15) is 13.2 Å². The van der Waals surface area contributed by atoms with Gasteiger partial charge >= 0.3 is 18.4 Å². The summed E-state index contributed by atoms with van der Waals surface area (Å²) in [6.07, 6.45) is 3.35. The van der Waals surface area contributed by atoms with E-state index in [9.17, 15) is 27.6 Å². The van der Waals surface area contributed by atoms with Gasteiger partial charge in [-0.15, -0.1) is 0 Å². The van der Waals surface area contributed by atoms with Crippen molar-refractivity contribution < 1.29 is 37.0 Å². The monoisotopic (exact) mass is 704 g/mol. The number of para-hydroxylation sites is 1. The van der Waals surface area contributed by atoms with Gasteiger partial charge in [-0.1, -0.05) is 74.7 Å². The minimum Gasteiger partial charge on any atom is -0.438 e. The zero-order valence-electron chi connectivity index (χ0n) is 27.5. The van der Waals surface area contributed by atoms with Crippen molar-refractivity contribution in [3.63, 3.8) is 0 Å². The summed E-state index contributed by atoms with van der Waals surface area (Å²) < 4.78 is 53.0. The van der Waals surface area contributed by atoms with Crippen LogP contribution in [0.15, 0.2) is 36.4 Å². The number of nitrogens with zero attached hydrogens (tertiary/aromatic N) is 2. The van der Waals surface area contributed by atoms with E-state index in [0.29, 0.717) is 37.5 Å². The summed E-state index contributed by atoms with van der Waals surface area (Å²) in [7, 11) is 0. The third kappa shape index (κ3) is 8.05. The molecule has 2 aromatic carbocycles. The van der Waals surface area contributed by atoms with Crippen LogP contribution >= 0.6 is 11.6 Å². The Balaban J connectivity index is 1.14. The quantitative estimate of drug-likeness (QED) is 0.281. The van der Waals surface area contributed by atoms with Gasteiger partial charge in [-0.25, -0.2) is 9.59 Å². The van der Waals surface area contributed by atoms with Crippen LogP contribution in [0, 0.1) is 11.8 Å². The van der Waals surface area contributed by atoms with E-state index in [4.69, 9.17) is 26.8 Å². The van der Waals surface area contributed by atoms with Gasteiger partial charge < -0.3 is 25.0 Å². The molecular weight excluding hydrogens is 661 g/mol. The first-order valence-corrected chi connectivity index (χ1v) is 17.8. The summed E-state index contributed by atoms with van der Waals surface area (Å²) in [6, 6.07) is 9.48. The van der Waals surface area contributed by atoms with Gasteiger partial charge in [0.05, 0.1) is 22.0 Å². The van der Waals surface area contributed by atoms with E-state index in [1.807, 2.05) is 18.2 Å². The van der Waals surface area contributed by atoms with Gasteiger partial charge in [0.25, 0.3) is 5.91 Å². The number of amides is 3. The van der Waals surface area contributed by atoms with E-state index < -0.39 is 47.2 Å². The van der Waals surface area contributed by atoms with Crippen molar-refractivity contribution in [2.45, 2.75) is 94.9 Å². The molecule has 49 heavy (non-hydrogen) atoms. The first kappa shape index (κ1) is 35.2. The number of rotatable bonds is 7. The number of ether oxygens (including phenoxy) is 2. The number of halogens is 4. The lowest BCUT2D eigenvalue weighted by atomic mass is 9.82. The Hall–Kier alpha value is -3.67. The maximum Gasteiger partial charge on any atom is 0.418 e. The van der Waals surface area contributed by atoms with Crippen LogP contribution in [0.3, 0.4) is 0 Å². The molecule has 1 saturated carbocycles. The van der Waals surface area contributed by atoms with Gasteiger partial charge in [0.1, 0.15) is 5.60 Å². The molecular formula is C36H44ClF3N4O5. The Morgan fingerprint density at radius 3 is 2.31 bits per heavy atom. The molecule has 3 fully saturated rings. The van der Waals surface area contributed by atoms with Gasteiger partial charge in [0.15, 0.2) is 6.10 Å². The SMILES string of the molecule is Nc1c(Cl)cc(C[C@@H](OC(=O)N2CCC3(CC2)OC(=O)Nc2ccccc23)C(=O)N2CCC(CCC3CCCCC3)CC2)cc1C(F)(F)F. The number of fused-ring (bicyclic) bond motifs is 2. The molecule has 0 unspecified atom stereocenters. The number of nitrogens with one attached hydrogen (secondary N) is 1. The highest BCUT2D eigenvalue weighted by molar-refractivity contribution is 6.33. The van der Waals surface area contributed by atoms with E-state index in [0.717, 1.165) is 36.8 Å². The van der Waals surface area contributed by atoms with Crippen molar-refractivity contribution in [1.29, 1.82) is 0 Å². The maximum atomic E-state index is 14.0. The molecule has 2 aromatic rings. The van der Waals surface area contributed by atoms with Gasteiger partial charge in [-0.05, 0) is 48.4 Å². The van der Waals surface area contributed by atoms with E-state index in [2.05, 4.69) is 5.32 Å². The second kappa shape index (κ2) is 14.7. The Morgan fingerprint density at radius 2 is 1.63 bits per heavy atom. The zero-order chi connectivity index (χ0) is 34.8. The molecule has 3 aliphatic heterocycles. The first-order chi connectivity index (χ1) is 23.4. The molecule has 0 bridgehead atoms. The summed E-state index contributed by atoms with van der Waals surface area (Å²) >= 11 is 6.11. The Morgan fingerprint density at radius 1 is 0.980 bits per heavy atom. The number of nitrogen functional groups attached to an aromatic ring is 1. The largest absolute Gasteiger partial charge is 0.438 e. The van der Waals surface area contributed by atoms with Crippen LogP contribution in [0.2, 0.25) is 5.02 Å². The van der Waals surface area contributed by atoms with Gasteiger partial charge in [0.2, 0.25) is 0 Å². The lowest BCUT2D eigenvalue weighted by molar-refractivity contribution is -0.142. The Kier molecular flexibility index (Phi) is 10.5. The smallest absolute Gasteiger partial charge is 0.418 e. The van der Waals surface area contributed by atoms with Crippen LogP contribution in [-0.4, -0.2) is 60.2 Å². The number of alkyl halides is 3. The van der Waals surface area contributed by atoms with Crippen molar-refractivity contribution in [2.24, 2.45) is 11.8 Å². The van der Waals surface area contributed by atoms with Crippen molar-refractivity contribution in [3.05, 3.63) is 58.1 Å². The molecule has 4 aliphatic rings. The highest BCUT2D eigenvalue weighted by Crippen LogP contribution is 2.44.